The monoisotopic (exact) mass is 202 g/mol. The number of rotatable bonds is 7. The minimum Gasteiger partial charge on any atom is -0.388 e. The first kappa shape index (κ1) is 13.4. The van der Waals surface area contributed by atoms with E-state index in [0.29, 0.717) is 25.9 Å². The summed E-state index contributed by atoms with van der Waals surface area (Å²) in [4.78, 5) is 11.2. The molecule has 0 radical (unpaired) electrons. The molecular formula is C10H22N2O2. The van der Waals surface area contributed by atoms with Crippen LogP contribution in [-0.4, -0.2) is 36.2 Å². The number of nitrogens with one attached hydrogen (secondary N) is 2. The van der Waals surface area contributed by atoms with Crippen LogP contribution in [0.3, 0.4) is 0 Å². The highest BCUT2D eigenvalue weighted by Gasteiger charge is 2.22. The summed E-state index contributed by atoms with van der Waals surface area (Å²) in [5, 5.41) is 15.5. The molecule has 0 aromatic carbocycles. The summed E-state index contributed by atoms with van der Waals surface area (Å²) in [6, 6.07) is 0. The van der Waals surface area contributed by atoms with E-state index in [-0.39, 0.29) is 5.91 Å². The Labute approximate surface area is 86.1 Å². The second-order valence-corrected chi connectivity index (χ2v) is 3.49. The molecule has 0 atom stereocenters. The minimum atomic E-state index is -0.748. The second-order valence-electron chi connectivity index (χ2n) is 3.49. The third-order valence-electron chi connectivity index (χ3n) is 2.47. The molecular weight excluding hydrogens is 180 g/mol. The zero-order valence-corrected chi connectivity index (χ0v) is 9.39. The van der Waals surface area contributed by atoms with E-state index in [1.165, 1.54) is 0 Å². The largest absolute Gasteiger partial charge is 0.388 e. The van der Waals surface area contributed by atoms with Crippen molar-refractivity contribution in [2.45, 2.75) is 39.2 Å². The molecule has 0 aliphatic rings. The van der Waals surface area contributed by atoms with E-state index in [4.69, 9.17) is 0 Å². The second kappa shape index (κ2) is 6.79. The molecule has 0 fully saturated rings. The summed E-state index contributed by atoms with van der Waals surface area (Å²) in [6.07, 6.45) is 1.32. The van der Waals surface area contributed by atoms with Gasteiger partial charge in [-0.15, -0.1) is 0 Å². The highest BCUT2D eigenvalue weighted by Crippen LogP contribution is 2.12. The smallest absolute Gasteiger partial charge is 0.234 e. The molecule has 0 saturated heterocycles. The van der Waals surface area contributed by atoms with Crippen molar-refractivity contribution in [1.29, 1.82) is 0 Å². The van der Waals surface area contributed by atoms with E-state index < -0.39 is 5.60 Å². The molecule has 84 valence electrons. The number of likely N-dealkylation sites (N-methyl/N-ethyl adjacent to an activating group) is 1. The average molecular weight is 202 g/mol. The van der Waals surface area contributed by atoms with Gasteiger partial charge >= 0.3 is 0 Å². The Morgan fingerprint density at radius 3 is 2.29 bits per heavy atom. The lowest BCUT2D eigenvalue weighted by Crippen LogP contribution is -2.44. The predicted octanol–water partition coefficient (Wildman–Crippen LogP) is 0.263. The van der Waals surface area contributed by atoms with Gasteiger partial charge in [0.1, 0.15) is 0 Å². The van der Waals surface area contributed by atoms with Crippen molar-refractivity contribution >= 4 is 5.91 Å². The maximum Gasteiger partial charge on any atom is 0.234 e. The molecule has 0 heterocycles. The number of carbonyl (C=O) groups excluding carboxylic acids is 1. The molecule has 0 unspecified atom stereocenters. The van der Waals surface area contributed by atoms with Gasteiger partial charge in [-0.25, -0.2) is 0 Å². The van der Waals surface area contributed by atoms with Crippen LogP contribution in [0, 0.1) is 0 Å². The summed E-state index contributed by atoms with van der Waals surface area (Å²) < 4.78 is 0. The number of hydrogen-bond donors (Lipinski definition) is 3. The van der Waals surface area contributed by atoms with Crippen LogP contribution in [0.1, 0.15) is 33.6 Å². The van der Waals surface area contributed by atoms with Crippen molar-refractivity contribution in [3.63, 3.8) is 0 Å². The van der Waals surface area contributed by atoms with Gasteiger partial charge < -0.3 is 15.7 Å². The zero-order chi connectivity index (χ0) is 11.0. The fourth-order valence-corrected chi connectivity index (χ4v) is 1.06. The number of carbonyl (C=O) groups is 1. The summed E-state index contributed by atoms with van der Waals surface area (Å²) in [6.45, 7) is 7.21. The van der Waals surface area contributed by atoms with Crippen molar-refractivity contribution in [3.05, 3.63) is 0 Å². The van der Waals surface area contributed by atoms with Crippen LogP contribution in [0.5, 0.6) is 0 Å². The van der Waals surface area contributed by atoms with Crippen LogP contribution in [0.25, 0.3) is 0 Å². The molecule has 0 aromatic heterocycles. The van der Waals surface area contributed by atoms with Gasteiger partial charge in [0, 0.05) is 6.54 Å². The van der Waals surface area contributed by atoms with E-state index >= 15 is 0 Å². The van der Waals surface area contributed by atoms with Gasteiger partial charge in [-0.05, 0) is 19.4 Å². The fraction of sp³-hybridized carbons (Fsp3) is 0.900. The van der Waals surface area contributed by atoms with Crippen molar-refractivity contribution in [2.75, 3.05) is 19.6 Å². The molecule has 0 spiro atoms. The maximum atomic E-state index is 11.2. The van der Waals surface area contributed by atoms with Gasteiger partial charge in [0.2, 0.25) is 5.91 Å². The molecule has 0 aliphatic heterocycles. The van der Waals surface area contributed by atoms with Crippen LogP contribution < -0.4 is 10.6 Å². The average Bonchev–Trinajstić information content (AvgIpc) is 2.23. The maximum absolute atomic E-state index is 11.2. The highest BCUT2D eigenvalue weighted by molar-refractivity contribution is 5.78. The Balaban J connectivity index is 3.74. The third kappa shape index (κ3) is 5.19. The molecule has 1 amide bonds. The first-order valence-electron chi connectivity index (χ1n) is 5.27. The highest BCUT2D eigenvalue weighted by atomic mass is 16.3. The van der Waals surface area contributed by atoms with Crippen LogP contribution in [-0.2, 0) is 4.79 Å². The molecule has 4 nitrogen and oxygen atoms in total. The van der Waals surface area contributed by atoms with Crippen molar-refractivity contribution in [2.24, 2.45) is 0 Å². The Kier molecular flexibility index (Phi) is 6.49. The first-order chi connectivity index (χ1) is 6.58. The summed E-state index contributed by atoms with van der Waals surface area (Å²) >= 11 is 0. The number of amides is 1. The first-order valence-corrected chi connectivity index (χ1v) is 5.27. The SMILES string of the molecule is CCNCC(=O)NCC(O)(CC)CC. The summed E-state index contributed by atoms with van der Waals surface area (Å²) in [7, 11) is 0. The number of hydrogen-bond acceptors (Lipinski definition) is 3. The molecule has 3 N–H and O–H groups in total. The lowest BCUT2D eigenvalue weighted by Gasteiger charge is -2.25. The fourth-order valence-electron chi connectivity index (χ4n) is 1.06. The zero-order valence-electron chi connectivity index (χ0n) is 9.39. The molecule has 4 heteroatoms. The van der Waals surface area contributed by atoms with Gasteiger partial charge in [0.25, 0.3) is 0 Å². The quantitative estimate of drug-likeness (QED) is 0.555. The van der Waals surface area contributed by atoms with Crippen molar-refractivity contribution < 1.29 is 9.90 Å². The van der Waals surface area contributed by atoms with Gasteiger partial charge in [0.05, 0.1) is 12.1 Å². The normalized spacial score (nSPS) is 11.4. The van der Waals surface area contributed by atoms with Crippen LogP contribution >= 0.6 is 0 Å². The topological polar surface area (TPSA) is 61.4 Å². The molecule has 0 aromatic rings. The van der Waals surface area contributed by atoms with Gasteiger partial charge in [-0.3, -0.25) is 4.79 Å². The Morgan fingerprint density at radius 1 is 1.29 bits per heavy atom. The summed E-state index contributed by atoms with van der Waals surface area (Å²) in [5.41, 5.74) is -0.748. The Morgan fingerprint density at radius 2 is 1.86 bits per heavy atom. The molecule has 0 saturated carbocycles. The van der Waals surface area contributed by atoms with E-state index in [9.17, 15) is 9.90 Å². The van der Waals surface area contributed by atoms with Crippen LogP contribution in [0.2, 0.25) is 0 Å². The Bertz CT molecular complexity index is 168. The van der Waals surface area contributed by atoms with Gasteiger partial charge in [0.15, 0.2) is 0 Å². The van der Waals surface area contributed by atoms with E-state index in [1.54, 1.807) is 0 Å². The van der Waals surface area contributed by atoms with Crippen molar-refractivity contribution in [1.82, 2.24) is 10.6 Å². The van der Waals surface area contributed by atoms with Gasteiger partial charge in [-0.2, -0.15) is 0 Å². The lowest BCUT2D eigenvalue weighted by molar-refractivity contribution is -0.121. The third-order valence-corrected chi connectivity index (χ3v) is 2.47. The molecule has 0 rings (SSSR count). The van der Waals surface area contributed by atoms with E-state index in [2.05, 4.69) is 10.6 Å². The van der Waals surface area contributed by atoms with E-state index in [0.717, 1.165) is 6.54 Å². The van der Waals surface area contributed by atoms with Crippen LogP contribution in [0.4, 0.5) is 0 Å². The minimum absolute atomic E-state index is 0.0628. The van der Waals surface area contributed by atoms with E-state index in [1.807, 2.05) is 20.8 Å². The lowest BCUT2D eigenvalue weighted by atomic mass is 9.98. The van der Waals surface area contributed by atoms with Gasteiger partial charge in [-0.1, -0.05) is 20.8 Å². The summed E-state index contributed by atoms with van der Waals surface area (Å²) in [5.74, 6) is -0.0628. The molecule has 14 heavy (non-hydrogen) atoms. The predicted molar refractivity (Wildman–Crippen MR) is 57.1 cm³/mol. The van der Waals surface area contributed by atoms with Crippen molar-refractivity contribution in [3.8, 4) is 0 Å². The molecule has 0 aliphatic carbocycles. The van der Waals surface area contributed by atoms with Crippen LogP contribution in [0.15, 0.2) is 0 Å². The standard InChI is InChI=1S/C10H22N2O2/c1-4-10(14,5-2)8-12-9(13)7-11-6-3/h11,14H,4-8H2,1-3H3,(H,12,13). The Hall–Kier alpha value is -0.610. The number of aliphatic hydroxyl groups is 1. The molecule has 0 bridgehead atoms.